The van der Waals surface area contributed by atoms with Crippen molar-refractivity contribution in [1.29, 1.82) is 0 Å². The van der Waals surface area contributed by atoms with Crippen molar-refractivity contribution in [1.82, 2.24) is 0 Å². The van der Waals surface area contributed by atoms with E-state index in [1.807, 2.05) is 20.8 Å². The fourth-order valence-corrected chi connectivity index (χ4v) is 1.35. The van der Waals surface area contributed by atoms with E-state index >= 15 is 0 Å². The lowest BCUT2D eigenvalue weighted by Crippen LogP contribution is -2.30. The molecule has 16 heavy (non-hydrogen) atoms. The molecular weight excluding hydrogens is 224 g/mol. The topological polar surface area (TPSA) is 55.1 Å². The Labute approximate surface area is 101 Å². The van der Waals surface area contributed by atoms with Crippen LogP contribution in [-0.4, -0.2) is 5.91 Å². The SMILES string of the molecule is CCC(C)(C)C(=O)Nc1c(N)cccc1Cl. The van der Waals surface area contributed by atoms with Crippen LogP contribution in [0.2, 0.25) is 5.02 Å². The molecule has 3 nitrogen and oxygen atoms in total. The second-order valence-electron chi connectivity index (χ2n) is 4.40. The Bertz CT molecular complexity index is 382. The van der Waals surface area contributed by atoms with Crippen LogP contribution in [0, 0.1) is 5.41 Å². The van der Waals surface area contributed by atoms with Gasteiger partial charge in [0.2, 0.25) is 5.91 Å². The average molecular weight is 241 g/mol. The Morgan fingerprint density at radius 1 is 1.50 bits per heavy atom. The molecule has 88 valence electrons. The average Bonchev–Trinajstić information content (AvgIpc) is 2.23. The fourth-order valence-electron chi connectivity index (χ4n) is 1.12. The van der Waals surface area contributed by atoms with Gasteiger partial charge in [-0.25, -0.2) is 0 Å². The highest BCUT2D eigenvalue weighted by Crippen LogP contribution is 2.30. The number of amides is 1. The molecule has 1 rings (SSSR count). The number of carbonyl (C=O) groups is 1. The summed E-state index contributed by atoms with van der Waals surface area (Å²) in [5.74, 6) is -0.0743. The van der Waals surface area contributed by atoms with Crippen molar-refractivity contribution < 1.29 is 4.79 Å². The fraction of sp³-hybridized carbons (Fsp3) is 0.417. The van der Waals surface area contributed by atoms with Crippen LogP contribution in [0.1, 0.15) is 27.2 Å². The van der Waals surface area contributed by atoms with Gasteiger partial charge in [-0.1, -0.05) is 38.4 Å². The van der Waals surface area contributed by atoms with Crippen molar-refractivity contribution >= 4 is 28.9 Å². The standard InChI is InChI=1S/C12H17ClN2O/c1-4-12(2,3)11(16)15-10-8(13)6-5-7-9(10)14/h5-7H,4,14H2,1-3H3,(H,15,16). The third kappa shape index (κ3) is 2.67. The molecule has 1 aromatic rings. The predicted octanol–water partition coefficient (Wildman–Crippen LogP) is 3.30. The normalized spacial score (nSPS) is 11.2. The van der Waals surface area contributed by atoms with E-state index in [0.717, 1.165) is 6.42 Å². The van der Waals surface area contributed by atoms with E-state index in [2.05, 4.69) is 5.32 Å². The van der Waals surface area contributed by atoms with E-state index in [1.165, 1.54) is 0 Å². The summed E-state index contributed by atoms with van der Waals surface area (Å²) < 4.78 is 0. The summed E-state index contributed by atoms with van der Waals surface area (Å²) >= 11 is 5.97. The second-order valence-corrected chi connectivity index (χ2v) is 4.80. The summed E-state index contributed by atoms with van der Waals surface area (Å²) in [5.41, 5.74) is 6.31. The monoisotopic (exact) mass is 240 g/mol. The van der Waals surface area contributed by atoms with Gasteiger partial charge in [0.05, 0.1) is 16.4 Å². The van der Waals surface area contributed by atoms with Crippen molar-refractivity contribution in [3.8, 4) is 0 Å². The first-order valence-electron chi connectivity index (χ1n) is 5.24. The van der Waals surface area contributed by atoms with Crippen LogP contribution in [0.4, 0.5) is 11.4 Å². The Kier molecular flexibility index (Phi) is 3.81. The molecule has 0 aliphatic heterocycles. The molecule has 0 fully saturated rings. The van der Waals surface area contributed by atoms with Gasteiger partial charge in [0.15, 0.2) is 0 Å². The molecule has 0 saturated heterocycles. The highest BCUT2D eigenvalue weighted by Gasteiger charge is 2.26. The number of rotatable bonds is 3. The molecule has 0 bridgehead atoms. The van der Waals surface area contributed by atoms with Crippen LogP contribution in [0.3, 0.4) is 0 Å². The molecule has 3 N–H and O–H groups in total. The molecule has 0 spiro atoms. The summed E-state index contributed by atoms with van der Waals surface area (Å²) in [6.45, 7) is 5.74. The van der Waals surface area contributed by atoms with Crippen LogP contribution >= 0.6 is 11.6 Å². The number of benzene rings is 1. The third-order valence-electron chi connectivity index (χ3n) is 2.78. The summed E-state index contributed by atoms with van der Waals surface area (Å²) in [6.07, 6.45) is 0.753. The molecule has 0 heterocycles. The smallest absolute Gasteiger partial charge is 0.230 e. The maximum absolute atomic E-state index is 11.9. The van der Waals surface area contributed by atoms with E-state index in [0.29, 0.717) is 16.4 Å². The van der Waals surface area contributed by atoms with Gasteiger partial charge in [0.25, 0.3) is 0 Å². The minimum absolute atomic E-state index is 0.0743. The summed E-state index contributed by atoms with van der Waals surface area (Å²) in [5, 5.41) is 3.23. The lowest BCUT2D eigenvalue weighted by molar-refractivity contribution is -0.124. The first-order chi connectivity index (χ1) is 7.38. The zero-order valence-corrected chi connectivity index (χ0v) is 10.6. The van der Waals surface area contributed by atoms with Crippen LogP contribution in [0.25, 0.3) is 0 Å². The zero-order valence-electron chi connectivity index (χ0n) is 9.80. The highest BCUT2D eigenvalue weighted by molar-refractivity contribution is 6.34. The van der Waals surface area contributed by atoms with Crippen LogP contribution in [0.15, 0.2) is 18.2 Å². The summed E-state index contributed by atoms with van der Waals surface area (Å²) in [4.78, 5) is 11.9. The van der Waals surface area contributed by atoms with Gasteiger partial charge in [0.1, 0.15) is 0 Å². The third-order valence-corrected chi connectivity index (χ3v) is 3.10. The first kappa shape index (κ1) is 12.8. The molecule has 0 radical (unpaired) electrons. The zero-order chi connectivity index (χ0) is 12.3. The largest absolute Gasteiger partial charge is 0.397 e. The van der Waals surface area contributed by atoms with Crippen molar-refractivity contribution in [3.05, 3.63) is 23.2 Å². The molecule has 0 aliphatic rings. The van der Waals surface area contributed by atoms with Gasteiger partial charge >= 0.3 is 0 Å². The quantitative estimate of drug-likeness (QED) is 0.797. The molecule has 4 heteroatoms. The van der Waals surface area contributed by atoms with E-state index in [4.69, 9.17) is 17.3 Å². The number of halogens is 1. The van der Waals surface area contributed by atoms with Gasteiger partial charge in [-0.2, -0.15) is 0 Å². The number of para-hydroxylation sites is 1. The summed E-state index contributed by atoms with van der Waals surface area (Å²) in [6, 6.07) is 5.16. The van der Waals surface area contributed by atoms with Crippen molar-refractivity contribution in [2.24, 2.45) is 5.41 Å². The number of nitrogens with two attached hydrogens (primary N) is 1. The van der Waals surface area contributed by atoms with Crippen LogP contribution in [0.5, 0.6) is 0 Å². The molecule has 0 aromatic heterocycles. The Morgan fingerprint density at radius 2 is 2.12 bits per heavy atom. The van der Waals surface area contributed by atoms with Crippen molar-refractivity contribution in [3.63, 3.8) is 0 Å². The maximum atomic E-state index is 11.9. The number of anilines is 2. The van der Waals surface area contributed by atoms with Gasteiger partial charge < -0.3 is 11.1 Å². The lowest BCUT2D eigenvalue weighted by atomic mass is 9.89. The van der Waals surface area contributed by atoms with Crippen molar-refractivity contribution in [2.75, 3.05) is 11.1 Å². The molecule has 0 aliphatic carbocycles. The molecule has 1 aromatic carbocycles. The van der Waals surface area contributed by atoms with Gasteiger partial charge in [-0.3, -0.25) is 4.79 Å². The Hall–Kier alpha value is -1.22. The molecule has 0 unspecified atom stereocenters. The van der Waals surface area contributed by atoms with Gasteiger partial charge in [-0.05, 0) is 18.6 Å². The molecular formula is C12H17ClN2O. The van der Waals surface area contributed by atoms with E-state index in [1.54, 1.807) is 18.2 Å². The number of carbonyl (C=O) groups excluding carboxylic acids is 1. The van der Waals surface area contributed by atoms with Gasteiger partial charge in [0, 0.05) is 5.41 Å². The van der Waals surface area contributed by atoms with Crippen LogP contribution in [-0.2, 0) is 4.79 Å². The Balaban J connectivity index is 2.94. The second kappa shape index (κ2) is 4.74. The van der Waals surface area contributed by atoms with E-state index in [-0.39, 0.29) is 5.91 Å². The molecule has 0 atom stereocenters. The lowest BCUT2D eigenvalue weighted by Gasteiger charge is -2.22. The maximum Gasteiger partial charge on any atom is 0.230 e. The minimum Gasteiger partial charge on any atom is -0.397 e. The number of hydrogen-bond acceptors (Lipinski definition) is 2. The first-order valence-corrected chi connectivity index (χ1v) is 5.61. The number of nitrogens with one attached hydrogen (secondary N) is 1. The molecule has 0 saturated carbocycles. The van der Waals surface area contributed by atoms with Gasteiger partial charge in [-0.15, -0.1) is 0 Å². The number of hydrogen-bond donors (Lipinski definition) is 2. The highest BCUT2D eigenvalue weighted by atomic mass is 35.5. The van der Waals surface area contributed by atoms with Crippen molar-refractivity contribution in [2.45, 2.75) is 27.2 Å². The predicted molar refractivity (Wildman–Crippen MR) is 68.6 cm³/mol. The van der Waals surface area contributed by atoms with E-state index in [9.17, 15) is 4.79 Å². The molecule has 1 amide bonds. The number of nitrogen functional groups attached to an aromatic ring is 1. The van der Waals surface area contributed by atoms with Crippen LogP contribution < -0.4 is 11.1 Å². The van der Waals surface area contributed by atoms with E-state index < -0.39 is 5.41 Å². The minimum atomic E-state index is -0.425. The summed E-state index contributed by atoms with van der Waals surface area (Å²) in [7, 11) is 0. The Morgan fingerprint density at radius 3 is 2.62 bits per heavy atom.